The third-order valence-electron chi connectivity index (χ3n) is 3.52. The van der Waals surface area contributed by atoms with Crippen molar-refractivity contribution in [3.05, 3.63) is 53.6 Å². The minimum atomic E-state index is -3.76. The standard InChI is InChI=1S/C18H21ClN2O5S/c1-25-15-7-3-4-8-16(15)26-13-12-20-18(22)10-11-21-27(23,24)17-9-5-2-6-14(17)19/h2-9,21H,10-13H2,1H3,(H,20,22). The van der Waals surface area contributed by atoms with Gasteiger partial charge in [0.15, 0.2) is 11.5 Å². The molecule has 2 N–H and O–H groups in total. The van der Waals surface area contributed by atoms with E-state index in [2.05, 4.69) is 10.0 Å². The first-order valence-corrected chi connectivity index (χ1v) is 10.1. The Kier molecular flexibility index (Phi) is 7.90. The molecule has 0 aliphatic heterocycles. The van der Waals surface area contributed by atoms with Crippen LogP contribution in [0.1, 0.15) is 6.42 Å². The number of sulfonamides is 1. The maximum atomic E-state index is 12.2. The Hall–Kier alpha value is -2.29. The lowest BCUT2D eigenvalue weighted by atomic mass is 10.3. The van der Waals surface area contributed by atoms with Crippen molar-refractivity contribution in [2.45, 2.75) is 11.3 Å². The molecular weight excluding hydrogens is 392 g/mol. The van der Waals surface area contributed by atoms with Crippen molar-refractivity contribution in [1.82, 2.24) is 10.0 Å². The number of methoxy groups -OCH3 is 1. The second-order valence-electron chi connectivity index (χ2n) is 5.43. The van der Waals surface area contributed by atoms with Crippen molar-refractivity contribution in [3.8, 4) is 11.5 Å². The normalized spacial score (nSPS) is 11.0. The van der Waals surface area contributed by atoms with Crippen LogP contribution in [0.5, 0.6) is 11.5 Å². The molecule has 0 saturated heterocycles. The fourth-order valence-electron chi connectivity index (χ4n) is 2.22. The molecular formula is C18H21ClN2O5S. The lowest BCUT2D eigenvalue weighted by molar-refractivity contribution is -0.121. The minimum Gasteiger partial charge on any atom is -0.493 e. The summed E-state index contributed by atoms with van der Waals surface area (Å²) in [6.07, 6.45) is -0.00165. The van der Waals surface area contributed by atoms with E-state index in [1.165, 1.54) is 12.1 Å². The lowest BCUT2D eigenvalue weighted by Gasteiger charge is -2.11. The van der Waals surface area contributed by atoms with E-state index in [9.17, 15) is 13.2 Å². The number of ether oxygens (including phenoxy) is 2. The van der Waals surface area contributed by atoms with Gasteiger partial charge in [0, 0.05) is 13.0 Å². The maximum Gasteiger partial charge on any atom is 0.242 e. The molecule has 0 bridgehead atoms. The van der Waals surface area contributed by atoms with Crippen LogP contribution in [0.15, 0.2) is 53.4 Å². The van der Waals surface area contributed by atoms with Gasteiger partial charge in [0.2, 0.25) is 15.9 Å². The summed E-state index contributed by atoms with van der Waals surface area (Å²) in [5.74, 6) is 0.903. The number of carbonyl (C=O) groups is 1. The summed E-state index contributed by atoms with van der Waals surface area (Å²) in [7, 11) is -2.21. The monoisotopic (exact) mass is 412 g/mol. The highest BCUT2D eigenvalue weighted by atomic mass is 35.5. The number of hydrogen-bond donors (Lipinski definition) is 2. The van der Waals surface area contributed by atoms with Gasteiger partial charge < -0.3 is 14.8 Å². The van der Waals surface area contributed by atoms with Crippen LogP contribution in [0, 0.1) is 0 Å². The number of benzene rings is 2. The highest BCUT2D eigenvalue weighted by molar-refractivity contribution is 7.89. The van der Waals surface area contributed by atoms with Gasteiger partial charge in [-0.05, 0) is 24.3 Å². The van der Waals surface area contributed by atoms with Crippen LogP contribution in [0.25, 0.3) is 0 Å². The Morgan fingerprint density at radius 2 is 1.70 bits per heavy atom. The smallest absolute Gasteiger partial charge is 0.242 e. The van der Waals surface area contributed by atoms with Crippen LogP contribution in [0.3, 0.4) is 0 Å². The van der Waals surface area contributed by atoms with Crippen molar-refractivity contribution in [2.75, 3.05) is 26.8 Å². The van der Waals surface area contributed by atoms with Gasteiger partial charge in [-0.15, -0.1) is 0 Å². The summed E-state index contributed by atoms with van der Waals surface area (Å²) in [5, 5.41) is 2.79. The fraction of sp³-hybridized carbons (Fsp3) is 0.278. The summed E-state index contributed by atoms with van der Waals surface area (Å²) in [4.78, 5) is 11.8. The summed E-state index contributed by atoms with van der Waals surface area (Å²) >= 11 is 5.89. The second kappa shape index (κ2) is 10.1. The first-order chi connectivity index (χ1) is 12.9. The Bertz CT molecular complexity index is 874. The summed E-state index contributed by atoms with van der Waals surface area (Å²) in [5.41, 5.74) is 0. The van der Waals surface area contributed by atoms with Crippen LogP contribution < -0.4 is 19.5 Å². The highest BCUT2D eigenvalue weighted by Crippen LogP contribution is 2.25. The van der Waals surface area contributed by atoms with Crippen molar-refractivity contribution < 1.29 is 22.7 Å². The zero-order valence-corrected chi connectivity index (χ0v) is 16.3. The van der Waals surface area contributed by atoms with Gasteiger partial charge in [0.05, 0.1) is 18.7 Å². The Balaban J connectivity index is 1.70. The largest absolute Gasteiger partial charge is 0.493 e. The van der Waals surface area contributed by atoms with Gasteiger partial charge in [-0.1, -0.05) is 35.9 Å². The van der Waals surface area contributed by atoms with E-state index < -0.39 is 10.0 Å². The average Bonchev–Trinajstić information content (AvgIpc) is 2.65. The van der Waals surface area contributed by atoms with Crippen LogP contribution in [-0.4, -0.2) is 41.1 Å². The van der Waals surface area contributed by atoms with Crippen molar-refractivity contribution >= 4 is 27.5 Å². The lowest BCUT2D eigenvalue weighted by Crippen LogP contribution is -2.32. The Morgan fingerprint density at radius 1 is 1.04 bits per heavy atom. The van der Waals surface area contributed by atoms with Gasteiger partial charge >= 0.3 is 0 Å². The predicted molar refractivity (Wildman–Crippen MR) is 103 cm³/mol. The molecule has 0 saturated carbocycles. The summed E-state index contributed by atoms with van der Waals surface area (Å²) in [6.45, 7) is 0.512. The van der Waals surface area contributed by atoms with Crippen LogP contribution in [0.2, 0.25) is 5.02 Å². The molecule has 0 heterocycles. The van der Waals surface area contributed by atoms with E-state index in [-0.39, 0.29) is 41.9 Å². The molecule has 146 valence electrons. The Labute approximate surface area is 163 Å². The molecule has 9 heteroatoms. The van der Waals surface area contributed by atoms with Crippen LogP contribution in [0.4, 0.5) is 0 Å². The molecule has 1 amide bonds. The number of hydrogen-bond acceptors (Lipinski definition) is 5. The minimum absolute atomic E-state index is 0.00165. The quantitative estimate of drug-likeness (QED) is 0.583. The molecule has 27 heavy (non-hydrogen) atoms. The number of rotatable bonds is 10. The number of carbonyl (C=O) groups excluding carboxylic acids is 1. The Morgan fingerprint density at radius 3 is 2.41 bits per heavy atom. The molecule has 0 radical (unpaired) electrons. The first kappa shape index (κ1) is 21.0. The highest BCUT2D eigenvalue weighted by Gasteiger charge is 2.17. The zero-order valence-electron chi connectivity index (χ0n) is 14.8. The molecule has 0 aromatic heterocycles. The van der Waals surface area contributed by atoms with E-state index in [1.54, 1.807) is 31.4 Å². The number of nitrogens with one attached hydrogen (secondary N) is 2. The van der Waals surface area contributed by atoms with Gasteiger partial charge in [-0.2, -0.15) is 0 Å². The molecule has 0 aliphatic rings. The van der Waals surface area contributed by atoms with Crippen LogP contribution in [-0.2, 0) is 14.8 Å². The molecule has 2 aromatic carbocycles. The van der Waals surface area contributed by atoms with Gasteiger partial charge in [0.25, 0.3) is 0 Å². The molecule has 2 rings (SSSR count). The number of halogens is 1. The summed E-state index contributed by atoms with van der Waals surface area (Å²) < 4.78 is 37.4. The third-order valence-corrected chi connectivity index (χ3v) is 5.48. The topological polar surface area (TPSA) is 93.7 Å². The van der Waals surface area contributed by atoms with Crippen LogP contribution >= 0.6 is 11.6 Å². The van der Waals surface area contributed by atoms with Crippen molar-refractivity contribution in [2.24, 2.45) is 0 Å². The molecule has 0 unspecified atom stereocenters. The third kappa shape index (κ3) is 6.42. The predicted octanol–water partition coefficient (Wildman–Crippen LogP) is 2.21. The van der Waals surface area contributed by atoms with E-state index >= 15 is 0 Å². The van der Waals surface area contributed by atoms with E-state index in [0.717, 1.165) is 0 Å². The zero-order chi connectivity index (χ0) is 19.7. The molecule has 0 atom stereocenters. The van der Waals surface area contributed by atoms with E-state index in [1.807, 2.05) is 12.1 Å². The number of amides is 1. The van der Waals surface area contributed by atoms with E-state index in [0.29, 0.717) is 11.5 Å². The summed E-state index contributed by atoms with van der Waals surface area (Å²) in [6, 6.07) is 13.3. The number of para-hydroxylation sites is 2. The molecule has 2 aromatic rings. The fourth-order valence-corrected chi connectivity index (χ4v) is 3.77. The van der Waals surface area contributed by atoms with Gasteiger partial charge in [-0.25, -0.2) is 13.1 Å². The molecule has 0 spiro atoms. The first-order valence-electron chi connectivity index (χ1n) is 8.21. The van der Waals surface area contributed by atoms with Gasteiger partial charge in [-0.3, -0.25) is 4.79 Å². The maximum absolute atomic E-state index is 12.2. The SMILES string of the molecule is COc1ccccc1OCCNC(=O)CCNS(=O)(=O)c1ccccc1Cl. The van der Waals surface area contributed by atoms with Crippen molar-refractivity contribution in [3.63, 3.8) is 0 Å². The molecule has 0 fully saturated rings. The average molecular weight is 413 g/mol. The van der Waals surface area contributed by atoms with Crippen molar-refractivity contribution in [1.29, 1.82) is 0 Å². The molecule has 7 nitrogen and oxygen atoms in total. The molecule has 0 aliphatic carbocycles. The van der Waals surface area contributed by atoms with E-state index in [4.69, 9.17) is 21.1 Å². The van der Waals surface area contributed by atoms with Gasteiger partial charge in [0.1, 0.15) is 11.5 Å². The second-order valence-corrected chi connectivity index (χ2v) is 7.57.